The minimum absolute atomic E-state index is 0.121. The first-order valence-corrected chi connectivity index (χ1v) is 8.19. The molecule has 3 rings (SSSR count). The molecule has 1 N–H and O–H groups in total. The number of nitrogens with zero attached hydrogens (tertiary/aromatic N) is 2. The van der Waals surface area contributed by atoms with Gasteiger partial charge in [-0.25, -0.2) is 13.6 Å². The lowest BCUT2D eigenvalue weighted by Crippen LogP contribution is -2.44. The lowest BCUT2D eigenvalue weighted by molar-refractivity contribution is 0.201. The molecule has 1 aromatic rings. The van der Waals surface area contributed by atoms with Gasteiger partial charge in [-0.05, 0) is 31.2 Å². The smallest absolute Gasteiger partial charge is 0.317 e. The van der Waals surface area contributed by atoms with Crippen molar-refractivity contribution in [2.24, 2.45) is 5.92 Å². The molecule has 1 aromatic carbocycles. The number of hydrogen-bond acceptors (Lipinski definition) is 2. The number of carbonyl (C=O) groups excluding carboxylic acids is 1. The molecule has 1 aliphatic heterocycles. The van der Waals surface area contributed by atoms with Gasteiger partial charge in [-0.2, -0.15) is 0 Å². The Labute approximate surface area is 135 Å². The summed E-state index contributed by atoms with van der Waals surface area (Å²) >= 11 is 0. The number of rotatable bonds is 5. The van der Waals surface area contributed by atoms with Gasteiger partial charge in [0, 0.05) is 50.9 Å². The van der Waals surface area contributed by atoms with Crippen LogP contribution >= 0.6 is 0 Å². The monoisotopic (exact) mass is 323 g/mol. The Balaban J connectivity index is 1.47. The van der Waals surface area contributed by atoms with Gasteiger partial charge in [-0.3, -0.25) is 0 Å². The highest BCUT2D eigenvalue weighted by atomic mass is 19.1. The number of carbonyl (C=O) groups is 1. The molecule has 0 bridgehead atoms. The largest absolute Gasteiger partial charge is 0.334 e. The second-order valence-electron chi connectivity index (χ2n) is 6.73. The number of amides is 2. The molecular weight excluding hydrogens is 300 g/mol. The number of hydrogen-bond donors (Lipinski definition) is 1. The molecule has 4 nitrogen and oxygen atoms in total. The molecule has 1 atom stereocenters. The van der Waals surface area contributed by atoms with Crippen LogP contribution in [0.3, 0.4) is 0 Å². The van der Waals surface area contributed by atoms with Crippen molar-refractivity contribution in [3.8, 4) is 0 Å². The summed E-state index contributed by atoms with van der Waals surface area (Å²) in [6.07, 6.45) is 3.62. The van der Waals surface area contributed by atoms with Gasteiger partial charge in [0.25, 0.3) is 0 Å². The zero-order valence-corrected chi connectivity index (χ0v) is 13.4. The van der Waals surface area contributed by atoms with Crippen LogP contribution in [0.4, 0.5) is 13.6 Å². The van der Waals surface area contributed by atoms with Crippen molar-refractivity contribution in [3.05, 3.63) is 35.4 Å². The Morgan fingerprint density at radius 2 is 2.13 bits per heavy atom. The summed E-state index contributed by atoms with van der Waals surface area (Å²) < 4.78 is 26.6. The number of benzene rings is 1. The maximum atomic E-state index is 13.7. The summed E-state index contributed by atoms with van der Waals surface area (Å²) in [5, 5.41) is 3.00. The molecular formula is C17H23F2N3O. The van der Waals surface area contributed by atoms with E-state index in [-0.39, 0.29) is 18.6 Å². The molecule has 1 saturated carbocycles. The summed E-state index contributed by atoms with van der Waals surface area (Å²) in [5.74, 6) is -0.380. The number of urea groups is 1. The second-order valence-corrected chi connectivity index (χ2v) is 6.73. The third kappa shape index (κ3) is 4.41. The number of nitrogens with one attached hydrogen (secondary N) is 1. The molecule has 0 spiro atoms. The first kappa shape index (κ1) is 16.2. The Kier molecular flexibility index (Phi) is 4.80. The maximum Gasteiger partial charge on any atom is 0.317 e. The van der Waals surface area contributed by atoms with Gasteiger partial charge in [0.2, 0.25) is 0 Å². The van der Waals surface area contributed by atoms with E-state index in [1.165, 1.54) is 29.9 Å². The van der Waals surface area contributed by atoms with E-state index < -0.39 is 11.6 Å². The van der Waals surface area contributed by atoms with Gasteiger partial charge in [0.1, 0.15) is 11.6 Å². The SMILES string of the molecule is CN(Cc1ccc(F)cc1F)C(=O)NC1CCN(CC2CC2)C1. The molecule has 2 aliphatic rings. The minimum Gasteiger partial charge on any atom is -0.334 e. The highest BCUT2D eigenvalue weighted by Gasteiger charge is 2.30. The zero-order chi connectivity index (χ0) is 16.4. The fourth-order valence-corrected chi connectivity index (χ4v) is 3.04. The standard InChI is InChI=1S/C17H23F2N3O/c1-21(10-13-4-5-14(18)8-16(13)19)17(23)20-15-6-7-22(11-15)9-12-2-3-12/h4-5,8,12,15H,2-3,6-7,9-11H2,1H3,(H,20,23). The minimum atomic E-state index is -0.624. The fourth-order valence-electron chi connectivity index (χ4n) is 3.04. The van der Waals surface area contributed by atoms with Crippen LogP contribution in [-0.4, -0.2) is 48.6 Å². The van der Waals surface area contributed by atoms with Crippen molar-refractivity contribution in [1.29, 1.82) is 0 Å². The Hall–Kier alpha value is -1.69. The van der Waals surface area contributed by atoms with Crippen LogP contribution in [0, 0.1) is 17.6 Å². The van der Waals surface area contributed by atoms with E-state index in [1.54, 1.807) is 7.05 Å². The molecule has 126 valence electrons. The normalized spacial score (nSPS) is 21.4. The molecule has 1 unspecified atom stereocenters. The predicted octanol–water partition coefficient (Wildman–Crippen LogP) is 2.59. The molecule has 0 aromatic heterocycles. The maximum absolute atomic E-state index is 13.7. The van der Waals surface area contributed by atoms with E-state index >= 15 is 0 Å². The van der Waals surface area contributed by atoms with Crippen LogP contribution in [-0.2, 0) is 6.54 Å². The summed E-state index contributed by atoms with van der Waals surface area (Å²) in [4.78, 5) is 16.1. The van der Waals surface area contributed by atoms with Crippen molar-refractivity contribution < 1.29 is 13.6 Å². The first-order chi connectivity index (χ1) is 11.0. The van der Waals surface area contributed by atoms with Gasteiger partial charge in [-0.15, -0.1) is 0 Å². The molecule has 1 heterocycles. The summed E-state index contributed by atoms with van der Waals surface area (Å²) in [6, 6.07) is 3.36. The van der Waals surface area contributed by atoms with Crippen LogP contribution in [0.15, 0.2) is 18.2 Å². The third-order valence-electron chi connectivity index (χ3n) is 4.58. The van der Waals surface area contributed by atoms with Crippen LogP contribution in [0.1, 0.15) is 24.8 Å². The van der Waals surface area contributed by atoms with E-state index in [0.29, 0.717) is 5.56 Å². The van der Waals surface area contributed by atoms with Crippen molar-refractivity contribution in [3.63, 3.8) is 0 Å². The Bertz CT molecular complexity index is 577. The Morgan fingerprint density at radius 3 is 2.83 bits per heavy atom. The zero-order valence-electron chi connectivity index (χ0n) is 13.4. The van der Waals surface area contributed by atoms with Gasteiger partial charge in [0.15, 0.2) is 0 Å². The second kappa shape index (κ2) is 6.83. The van der Waals surface area contributed by atoms with Crippen LogP contribution in [0.25, 0.3) is 0 Å². The highest BCUT2D eigenvalue weighted by molar-refractivity contribution is 5.74. The average molecular weight is 323 g/mol. The summed E-state index contributed by atoms with van der Waals surface area (Å²) in [6.45, 7) is 3.18. The van der Waals surface area contributed by atoms with E-state index in [2.05, 4.69) is 10.2 Å². The van der Waals surface area contributed by atoms with Gasteiger partial charge >= 0.3 is 6.03 Å². The van der Waals surface area contributed by atoms with Crippen molar-refractivity contribution in [2.45, 2.75) is 31.8 Å². The molecule has 1 aliphatic carbocycles. The van der Waals surface area contributed by atoms with Gasteiger partial charge in [0.05, 0.1) is 0 Å². The van der Waals surface area contributed by atoms with E-state index in [0.717, 1.165) is 38.0 Å². The van der Waals surface area contributed by atoms with Crippen LogP contribution in [0.2, 0.25) is 0 Å². The molecule has 1 saturated heterocycles. The summed E-state index contributed by atoms with van der Waals surface area (Å²) in [5.41, 5.74) is 0.311. The predicted molar refractivity (Wildman–Crippen MR) is 83.9 cm³/mol. The lowest BCUT2D eigenvalue weighted by atomic mass is 10.2. The van der Waals surface area contributed by atoms with E-state index in [4.69, 9.17) is 0 Å². The molecule has 6 heteroatoms. The van der Waals surface area contributed by atoms with Crippen molar-refractivity contribution >= 4 is 6.03 Å². The molecule has 2 fully saturated rings. The quantitative estimate of drug-likeness (QED) is 0.904. The van der Waals surface area contributed by atoms with Gasteiger partial charge < -0.3 is 15.1 Å². The fraction of sp³-hybridized carbons (Fsp3) is 0.588. The van der Waals surface area contributed by atoms with E-state index in [1.807, 2.05) is 0 Å². The lowest BCUT2D eigenvalue weighted by Gasteiger charge is -2.22. The number of likely N-dealkylation sites (tertiary alicyclic amines) is 1. The topological polar surface area (TPSA) is 35.6 Å². The molecule has 23 heavy (non-hydrogen) atoms. The highest BCUT2D eigenvalue weighted by Crippen LogP contribution is 2.30. The van der Waals surface area contributed by atoms with E-state index in [9.17, 15) is 13.6 Å². The third-order valence-corrected chi connectivity index (χ3v) is 4.58. The van der Waals surface area contributed by atoms with Crippen molar-refractivity contribution in [2.75, 3.05) is 26.7 Å². The first-order valence-electron chi connectivity index (χ1n) is 8.19. The average Bonchev–Trinajstić information content (AvgIpc) is 3.20. The number of halogens is 2. The van der Waals surface area contributed by atoms with Crippen molar-refractivity contribution in [1.82, 2.24) is 15.1 Å². The molecule has 2 amide bonds. The van der Waals surface area contributed by atoms with Gasteiger partial charge in [-0.1, -0.05) is 6.07 Å². The van der Waals surface area contributed by atoms with Crippen LogP contribution < -0.4 is 5.32 Å². The summed E-state index contributed by atoms with van der Waals surface area (Å²) in [7, 11) is 1.62. The Morgan fingerprint density at radius 1 is 1.35 bits per heavy atom. The van der Waals surface area contributed by atoms with Crippen LogP contribution in [0.5, 0.6) is 0 Å². The molecule has 0 radical (unpaired) electrons.